The van der Waals surface area contributed by atoms with Gasteiger partial charge in [0.2, 0.25) is 5.88 Å². The molecule has 0 aliphatic rings. The molecular formula is C13H11Cl3N2O. The van der Waals surface area contributed by atoms with Crippen LogP contribution in [0.4, 0.5) is 0 Å². The first-order chi connectivity index (χ1) is 8.97. The molecule has 2 rings (SSSR count). The van der Waals surface area contributed by atoms with Gasteiger partial charge in [-0.15, -0.1) is 0 Å². The molecule has 0 amide bonds. The molecule has 0 fully saturated rings. The molecule has 2 aromatic rings. The molecule has 0 unspecified atom stereocenters. The smallest absolute Gasteiger partial charge is 0.219 e. The Morgan fingerprint density at radius 1 is 1.11 bits per heavy atom. The summed E-state index contributed by atoms with van der Waals surface area (Å²) in [5.74, 6) is 0.807. The van der Waals surface area contributed by atoms with Gasteiger partial charge in [0.25, 0.3) is 0 Å². The highest BCUT2D eigenvalue weighted by Gasteiger charge is 2.09. The normalized spacial score (nSPS) is 12.3. The lowest BCUT2D eigenvalue weighted by Crippen LogP contribution is -2.05. The van der Waals surface area contributed by atoms with E-state index in [0.717, 1.165) is 5.56 Å². The van der Waals surface area contributed by atoms with Crippen molar-refractivity contribution in [3.8, 4) is 11.6 Å². The van der Waals surface area contributed by atoms with Crippen LogP contribution in [0.15, 0.2) is 30.5 Å². The average Bonchev–Trinajstić information content (AvgIpc) is 2.36. The van der Waals surface area contributed by atoms with Crippen LogP contribution in [-0.4, -0.2) is 4.98 Å². The first-order valence-corrected chi connectivity index (χ1v) is 6.64. The number of nitrogens with two attached hydrogens (primary N) is 1. The highest BCUT2D eigenvalue weighted by atomic mass is 35.5. The fourth-order valence-corrected chi connectivity index (χ4v) is 1.99. The largest absolute Gasteiger partial charge is 0.437 e. The summed E-state index contributed by atoms with van der Waals surface area (Å²) in [5, 5.41) is 1.11. The third kappa shape index (κ3) is 3.51. The minimum Gasteiger partial charge on any atom is -0.437 e. The van der Waals surface area contributed by atoms with E-state index in [1.165, 1.54) is 6.07 Å². The highest BCUT2D eigenvalue weighted by molar-refractivity contribution is 6.43. The average molecular weight is 318 g/mol. The van der Waals surface area contributed by atoms with Crippen molar-refractivity contribution in [2.24, 2.45) is 5.73 Å². The predicted octanol–water partition coefficient (Wildman–Crippen LogP) is 4.85. The number of hydrogen-bond donors (Lipinski definition) is 1. The Morgan fingerprint density at radius 2 is 1.79 bits per heavy atom. The van der Waals surface area contributed by atoms with Crippen molar-refractivity contribution in [3.05, 3.63) is 51.1 Å². The van der Waals surface area contributed by atoms with E-state index in [4.69, 9.17) is 45.3 Å². The monoisotopic (exact) mass is 316 g/mol. The number of benzene rings is 1. The number of hydrogen-bond acceptors (Lipinski definition) is 3. The molecule has 0 aliphatic heterocycles. The zero-order valence-electron chi connectivity index (χ0n) is 10.0. The standard InChI is InChI=1S/C13H11Cl3N2O/c1-7(17)8-2-3-13(18-6-8)19-12-5-10(15)9(14)4-11(12)16/h2-7H,17H2,1H3/t7-/m1/s1. The van der Waals surface area contributed by atoms with Crippen LogP contribution in [0.3, 0.4) is 0 Å². The van der Waals surface area contributed by atoms with Gasteiger partial charge < -0.3 is 10.5 Å². The Hall–Kier alpha value is -1.000. The number of rotatable bonds is 3. The molecule has 3 nitrogen and oxygen atoms in total. The van der Waals surface area contributed by atoms with Crippen molar-refractivity contribution in [1.82, 2.24) is 4.98 Å². The van der Waals surface area contributed by atoms with Crippen molar-refractivity contribution in [1.29, 1.82) is 0 Å². The first kappa shape index (κ1) is 14.4. The summed E-state index contributed by atoms with van der Waals surface area (Å²) in [7, 11) is 0. The quantitative estimate of drug-likeness (QED) is 0.823. The zero-order valence-corrected chi connectivity index (χ0v) is 12.3. The van der Waals surface area contributed by atoms with E-state index in [1.54, 1.807) is 18.3 Å². The Morgan fingerprint density at radius 3 is 2.37 bits per heavy atom. The van der Waals surface area contributed by atoms with Gasteiger partial charge in [0, 0.05) is 24.4 Å². The van der Waals surface area contributed by atoms with Gasteiger partial charge in [-0.1, -0.05) is 40.9 Å². The van der Waals surface area contributed by atoms with Crippen molar-refractivity contribution >= 4 is 34.8 Å². The minimum atomic E-state index is -0.0740. The highest BCUT2D eigenvalue weighted by Crippen LogP contribution is 2.35. The van der Waals surface area contributed by atoms with E-state index in [-0.39, 0.29) is 6.04 Å². The van der Waals surface area contributed by atoms with Gasteiger partial charge in [-0.3, -0.25) is 0 Å². The summed E-state index contributed by atoms with van der Waals surface area (Å²) in [6.45, 7) is 1.88. The number of halogens is 3. The van der Waals surface area contributed by atoms with Crippen LogP contribution in [-0.2, 0) is 0 Å². The molecule has 19 heavy (non-hydrogen) atoms. The number of pyridine rings is 1. The van der Waals surface area contributed by atoms with Gasteiger partial charge >= 0.3 is 0 Å². The molecule has 2 N–H and O–H groups in total. The van der Waals surface area contributed by atoms with E-state index < -0.39 is 0 Å². The van der Waals surface area contributed by atoms with E-state index in [2.05, 4.69) is 4.98 Å². The van der Waals surface area contributed by atoms with Crippen LogP contribution in [0.2, 0.25) is 15.1 Å². The summed E-state index contributed by atoms with van der Waals surface area (Å²) >= 11 is 17.8. The molecule has 1 aromatic heterocycles. The molecule has 100 valence electrons. The summed E-state index contributed by atoms with van der Waals surface area (Å²) in [6, 6.07) is 6.57. The molecule has 1 aromatic carbocycles. The van der Waals surface area contributed by atoms with Crippen LogP contribution < -0.4 is 10.5 Å². The third-order valence-electron chi connectivity index (χ3n) is 2.47. The molecule has 0 radical (unpaired) electrons. The fourth-order valence-electron chi connectivity index (χ4n) is 1.42. The third-order valence-corrected chi connectivity index (χ3v) is 3.49. The van der Waals surface area contributed by atoms with Crippen molar-refractivity contribution in [2.45, 2.75) is 13.0 Å². The van der Waals surface area contributed by atoms with Crippen molar-refractivity contribution in [3.63, 3.8) is 0 Å². The van der Waals surface area contributed by atoms with E-state index in [9.17, 15) is 0 Å². The maximum absolute atomic E-state index is 6.02. The topological polar surface area (TPSA) is 48.1 Å². The zero-order chi connectivity index (χ0) is 14.0. The summed E-state index contributed by atoms with van der Waals surface area (Å²) in [4.78, 5) is 4.15. The maximum atomic E-state index is 6.02. The molecular weight excluding hydrogens is 307 g/mol. The Labute approximate surface area is 126 Å². The molecule has 0 saturated heterocycles. The second kappa shape index (κ2) is 5.97. The molecule has 6 heteroatoms. The lowest BCUT2D eigenvalue weighted by Gasteiger charge is -2.09. The molecule has 0 spiro atoms. The van der Waals surface area contributed by atoms with Gasteiger partial charge in [0.05, 0.1) is 15.1 Å². The van der Waals surface area contributed by atoms with Crippen molar-refractivity contribution < 1.29 is 4.74 Å². The van der Waals surface area contributed by atoms with Gasteiger partial charge in [-0.25, -0.2) is 4.98 Å². The van der Waals surface area contributed by atoms with E-state index in [0.29, 0.717) is 26.7 Å². The summed E-state index contributed by atoms with van der Waals surface area (Å²) < 4.78 is 5.55. The van der Waals surface area contributed by atoms with Crippen LogP contribution >= 0.6 is 34.8 Å². The molecule has 0 saturated carbocycles. The summed E-state index contributed by atoms with van der Waals surface area (Å²) in [6.07, 6.45) is 1.66. The lowest BCUT2D eigenvalue weighted by atomic mass is 10.2. The second-order valence-corrected chi connectivity index (χ2v) is 5.24. The lowest BCUT2D eigenvalue weighted by molar-refractivity contribution is 0.462. The minimum absolute atomic E-state index is 0.0740. The SMILES string of the molecule is C[C@@H](N)c1ccc(Oc2cc(Cl)c(Cl)cc2Cl)nc1. The van der Waals surface area contributed by atoms with E-state index >= 15 is 0 Å². The number of nitrogens with zero attached hydrogens (tertiary/aromatic N) is 1. The molecule has 0 bridgehead atoms. The maximum Gasteiger partial charge on any atom is 0.219 e. The van der Waals surface area contributed by atoms with Crippen molar-refractivity contribution in [2.75, 3.05) is 0 Å². The summed E-state index contributed by atoms with van der Waals surface area (Å²) in [5.41, 5.74) is 6.67. The fraction of sp³-hybridized carbons (Fsp3) is 0.154. The van der Waals surface area contributed by atoms with Crippen LogP contribution in [0, 0.1) is 0 Å². The Kier molecular flexibility index (Phi) is 4.53. The predicted molar refractivity (Wildman–Crippen MR) is 78.4 cm³/mol. The first-order valence-electron chi connectivity index (χ1n) is 5.51. The number of aromatic nitrogens is 1. The van der Waals surface area contributed by atoms with Gasteiger partial charge in [0.15, 0.2) is 0 Å². The van der Waals surface area contributed by atoms with Gasteiger partial charge in [-0.05, 0) is 18.6 Å². The molecule has 1 atom stereocenters. The number of ether oxygens (including phenoxy) is 1. The van der Waals surface area contributed by atoms with Crippen LogP contribution in [0.25, 0.3) is 0 Å². The van der Waals surface area contributed by atoms with Gasteiger partial charge in [0.1, 0.15) is 5.75 Å². The molecule has 0 aliphatic carbocycles. The van der Waals surface area contributed by atoms with Gasteiger partial charge in [-0.2, -0.15) is 0 Å². The Bertz CT molecular complexity index is 585. The second-order valence-electron chi connectivity index (χ2n) is 4.02. The molecule has 1 heterocycles. The van der Waals surface area contributed by atoms with Crippen LogP contribution in [0.5, 0.6) is 11.6 Å². The van der Waals surface area contributed by atoms with Crippen LogP contribution in [0.1, 0.15) is 18.5 Å². The Balaban J connectivity index is 2.24. The van der Waals surface area contributed by atoms with E-state index in [1.807, 2.05) is 13.0 Å².